The first-order chi connectivity index (χ1) is 31.4. The second-order valence-corrected chi connectivity index (χ2v) is 16.9. The van der Waals surface area contributed by atoms with E-state index in [0.717, 1.165) is 7.11 Å². The lowest BCUT2D eigenvalue weighted by Gasteiger charge is -2.31. The Kier molecular flexibility index (Phi) is 13.5. The van der Waals surface area contributed by atoms with E-state index in [-0.39, 0.29) is 59.7 Å². The molecule has 0 spiro atoms. The van der Waals surface area contributed by atoms with Gasteiger partial charge in [-0.1, -0.05) is 27.7 Å². The number of carbonyl (C=O) groups excluding carboxylic acids is 6. The highest BCUT2D eigenvalue weighted by atomic mass is 19.2. The molecule has 2 fully saturated rings. The van der Waals surface area contributed by atoms with Crippen LogP contribution < -0.4 is 26.0 Å². The van der Waals surface area contributed by atoms with E-state index in [1.807, 2.05) is 0 Å². The van der Waals surface area contributed by atoms with Gasteiger partial charge in [-0.25, -0.2) is 31.5 Å². The van der Waals surface area contributed by atoms with Crippen LogP contribution in [0.15, 0.2) is 42.5 Å². The van der Waals surface area contributed by atoms with Gasteiger partial charge in [0.25, 0.3) is 0 Å². The number of halogens is 5. The molecule has 352 valence electrons. The number of alkyl carbamates (subject to hydrolysis) is 2. The van der Waals surface area contributed by atoms with E-state index in [1.165, 1.54) is 57.9 Å². The van der Waals surface area contributed by atoms with E-state index in [1.54, 1.807) is 33.8 Å². The van der Waals surface area contributed by atoms with E-state index >= 15 is 8.78 Å². The van der Waals surface area contributed by atoms with Gasteiger partial charge in [-0.2, -0.15) is 0 Å². The number of hydrogen-bond donors (Lipinski definition) is 4. The first kappa shape index (κ1) is 47.0. The number of rotatable bonds is 11. The normalized spacial score (nSPS) is 18.6. The van der Waals surface area contributed by atoms with Gasteiger partial charge in [0.15, 0.2) is 23.3 Å². The molecule has 3 aliphatic rings. The molecule has 2 saturated heterocycles. The number of aromatic nitrogens is 1. The smallest absolute Gasteiger partial charge is 0.407 e. The van der Waals surface area contributed by atoms with Crippen LogP contribution in [0.3, 0.4) is 0 Å². The van der Waals surface area contributed by atoms with Gasteiger partial charge in [-0.3, -0.25) is 19.2 Å². The number of hydrogen-bond acceptors (Lipinski definition) is 9. The summed E-state index contributed by atoms with van der Waals surface area (Å²) in [5.41, 5.74) is -0.236. The summed E-state index contributed by atoms with van der Waals surface area (Å²) >= 11 is 0. The van der Waals surface area contributed by atoms with Crippen LogP contribution in [0.1, 0.15) is 65.2 Å². The zero-order valence-corrected chi connectivity index (χ0v) is 36.7. The number of likely N-dealkylation sites (tertiary alicyclic amines) is 2. The van der Waals surface area contributed by atoms with E-state index in [4.69, 9.17) is 4.74 Å². The lowest BCUT2D eigenvalue weighted by Crippen LogP contribution is -2.54. The largest absolute Gasteiger partial charge is 0.465 e. The van der Waals surface area contributed by atoms with E-state index < -0.39 is 101 Å². The molecule has 1 unspecified atom stereocenters. The Hall–Kier alpha value is -6.93. The van der Waals surface area contributed by atoms with Crippen molar-refractivity contribution >= 4 is 58.1 Å². The van der Waals surface area contributed by atoms with Crippen LogP contribution in [0.25, 0.3) is 22.2 Å². The Balaban J connectivity index is 1.21. The van der Waals surface area contributed by atoms with Gasteiger partial charge in [0.2, 0.25) is 35.7 Å². The van der Waals surface area contributed by atoms with Crippen LogP contribution in [0.2, 0.25) is 0 Å². The van der Waals surface area contributed by atoms with Crippen molar-refractivity contribution in [3.05, 3.63) is 77.1 Å². The predicted molar refractivity (Wildman–Crippen MR) is 227 cm³/mol. The highest BCUT2D eigenvalue weighted by molar-refractivity contribution is 6.02. The van der Waals surface area contributed by atoms with Crippen LogP contribution in [0.4, 0.5) is 42.9 Å². The van der Waals surface area contributed by atoms with E-state index in [9.17, 15) is 41.9 Å². The fourth-order valence-electron chi connectivity index (χ4n) is 8.70. The Bertz CT molecular complexity index is 2590. The number of carbonyl (C=O) groups is 6. The maximum atomic E-state index is 15.7. The van der Waals surface area contributed by atoms with Crippen molar-refractivity contribution in [1.29, 1.82) is 0 Å². The number of amides is 6. The van der Waals surface area contributed by atoms with Gasteiger partial charge in [-0.05, 0) is 73.9 Å². The molecule has 4 aromatic rings. The minimum absolute atomic E-state index is 0.108. The second kappa shape index (κ2) is 18.9. The SMILES string of the molecule is COC(=O)NC(C(=O)N1CCC[C@H]1C(=O)Nc1ccc2c(c1)cc1n2[C@H](c2c(F)c(F)c(F)c(F)c2F)Oc2cc(NC(=O)[C@@H]3CCCN3C(=O)[C@@H](NC(=O)OC)C(C)C)ccc2-1)C(C)C. The lowest BCUT2D eigenvalue weighted by molar-refractivity contribution is -0.139. The number of anilines is 2. The van der Waals surface area contributed by atoms with Gasteiger partial charge in [0.05, 0.1) is 31.0 Å². The number of nitrogens with zero attached hydrogens (tertiary/aromatic N) is 3. The van der Waals surface area contributed by atoms with Crippen LogP contribution in [-0.4, -0.2) is 102 Å². The molecule has 4 N–H and O–H groups in total. The molecule has 0 saturated carbocycles. The molecule has 0 aliphatic carbocycles. The maximum absolute atomic E-state index is 15.7. The summed E-state index contributed by atoms with van der Waals surface area (Å²) in [5.74, 6) is -13.9. The molecular weight excluding hydrogens is 878 g/mol. The number of ether oxygens (including phenoxy) is 3. The minimum atomic E-state index is -2.37. The fourth-order valence-corrected chi connectivity index (χ4v) is 8.70. The number of benzene rings is 3. The van der Waals surface area contributed by atoms with Crippen molar-refractivity contribution in [3.8, 4) is 17.0 Å². The Morgan fingerprint density at radius 1 is 0.652 bits per heavy atom. The monoisotopic (exact) mass is 925 g/mol. The average Bonchev–Trinajstić information content (AvgIpc) is 4.07. The summed E-state index contributed by atoms with van der Waals surface area (Å²) in [6.07, 6.45) is -2.01. The quantitative estimate of drug-likeness (QED) is 0.0734. The summed E-state index contributed by atoms with van der Waals surface area (Å²) in [5, 5.41) is 10.9. The molecule has 66 heavy (non-hydrogen) atoms. The molecule has 0 radical (unpaired) electrons. The zero-order chi connectivity index (χ0) is 47.9. The summed E-state index contributed by atoms with van der Waals surface area (Å²) < 4.78 is 92.0. The molecule has 3 aromatic carbocycles. The predicted octanol–water partition coefficient (Wildman–Crippen LogP) is 6.56. The summed E-state index contributed by atoms with van der Waals surface area (Å²) in [4.78, 5) is 81.5. The summed E-state index contributed by atoms with van der Waals surface area (Å²) in [6, 6.07) is 6.54. The van der Waals surface area contributed by atoms with Crippen molar-refractivity contribution in [2.75, 3.05) is 37.9 Å². The summed E-state index contributed by atoms with van der Waals surface area (Å²) in [7, 11) is 2.32. The Morgan fingerprint density at radius 3 is 1.61 bits per heavy atom. The second-order valence-electron chi connectivity index (χ2n) is 16.9. The molecular formula is C45H48F5N7O9. The zero-order valence-electron chi connectivity index (χ0n) is 36.7. The lowest BCUT2D eigenvalue weighted by atomic mass is 10.0. The first-order valence-electron chi connectivity index (χ1n) is 21.3. The number of methoxy groups -OCH3 is 2. The summed E-state index contributed by atoms with van der Waals surface area (Å²) in [6.45, 7) is 7.40. The highest BCUT2D eigenvalue weighted by Crippen LogP contribution is 2.47. The topological polar surface area (TPSA) is 190 Å². The third-order valence-corrected chi connectivity index (χ3v) is 12.1. The Labute approximate surface area is 375 Å². The van der Waals surface area contributed by atoms with E-state index in [0.29, 0.717) is 30.2 Å². The molecule has 0 bridgehead atoms. The molecule has 3 aliphatic heterocycles. The molecule has 5 atom stereocenters. The third-order valence-electron chi connectivity index (χ3n) is 12.1. The number of fused-ring (bicyclic) bond motifs is 5. The molecule has 7 rings (SSSR count). The van der Waals surface area contributed by atoms with Crippen LogP contribution in [-0.2, 0) is 28.7 Å². The van der Waals surface area contributed by atoms with Crippen LogP contribution in [0.5, 0.6) is 5.75 Å². The van der Waals surface area contributed by atoms with Gasteiger partial charge < -0.3 is 49.8 Å². The molecule has 4 heterocycles. The van der Waals surface area contributed by atoms with Crippen molar-refractivity contribution in [2.24, 2.45) is 11.8 Å². The van der Waals surface area contributed by atoms with Gasteiger partial charge in [0, 0.05) is 41.5 Å². The van der Waals surface area contributed by atoms with Crippen molar-refractivity contribution in [3.63, 3.8) is 0 Å². The number of nitrogens with one attached hydrogen (secondary N) is 4. The molecule has 1 aromatic heterocycles. The standard InChI is InChI=1S/C45H48F5N7O9/c1-20(2)37(53-44(62)64-5)41(60)55-15-7-9-27(55)39(58)51-23-12-14-26-22(17-23)18-29-25-13-11-24(19-30(25)66-43(57(26)29)31-32(46)34(48)36(50)35(49)33(31)47)52-40(59)28-10-8-16-56(28)42(61)38(21(3)4)54-45(63)65-6/h11-14,17-21,27-28,37-38,43H,7-10,15-16H2,1-6H3,(H,51,58)(H,52,59)(H,53,62)(H,54,63)/t27-,28-,37?,38-,43-/m0/s1. The van der Waals surface area contributed by atoms with Crippen LogP contribution in [0, 0.1) is 40.9 Å². The maximum Gasteiger partial charge on any atom is 0.407 e. The molecule has 6 amide bonds. The first-order valence-corrected chi connectivity index (χ1v) is 21.3. The highest BCUT2D eigenvalue weighted by Gasteiger charge is 2.42. The third kappa shape index (κ3) is 8.77. The molecule has 16 nitrogen and oxygen atoms in total. The van der Waals surface area contributed by atoms with E-state index in [2.05, 4.69) is 30.7 Å². The van der Waals surface area contributed by atoms with Crippen molar-refractivity contribution < 1.29 is 64.9 Å². The Morgan fingerprint density at radius 2 is 1.12 bits per heavy atom. The van der Waals surface area contributed by atoms with Crippen molar-refractivity contribution in [1.82, 2.24) is 25.0 Å². The molecule has 21 heteroatoms. The van der Waals surface area contributed by atoms with Crippen LogP contribution >= 0.6 is 0 Å². The minimum Gasteiger partial charge on any atom is -0.465 e. The van der Waals surface area contributed by atoms with Gasteiger partial charge in [0.1, 0.15) is 29.9 Å². The van der Waals surface area contributed by atoms with Gasteiger partial charge >= 0.3 is 12.2 Å². The average molecular weight is 926 g/mol. The fraction of sp³-hybridized carbons (Fsp3) is 0.422. The van der Waals surface area contributed by atoms with Gasteiger partial charge in [-0.15, -0.1) is 0 Å². The van der Waals surface area contributed by atoms with Crippen molar-refractivity contribution in [2.45, 2.75) is 83.8 Å².